The van der Waals surface area contributed by atoms with Gasteiger partial charge in [-0.25, -0.2) is 0 Å². The van der Waals surface area contributed by atoms with Gasteiger partial charge in [0.25, 0.3) is 11.6 Å². The first kappa shape index (κ1) is 16.5. The van der Waals surface area contributed by atoms with Gasteiger partial charge in [-0.2, -0.15) is 13.2 Å². The lowest BCUT2D eigenvalue weighted by atomic mass is 10.1. The molecular formula is C14H14F3N3O4. The molecule has 1 saturated heterocycles. The maximum absolute atomic E-state index is 12.6. The summed E-state index contributed by atoms with van der Waals surface area (Å²) in [6.45, 7) is -0.0377. The first-order valence-electron chi connectivity index (χ1n) is 7.26. The predicted octanol–water partition coefficient (Wildman–Crippen LogP) is 1.95. The Morgan fingerprint density at radius 1 is 1.25 bits per heavy atom. The Hall–Kier alpha value is -2.36. The number of nitrogens with zero attached hydrogens (tertiary/aromatic N) is 3. The normalized spacial score (nSPS) is 18.0. The van der Waals surface area contributed by atoms with Crippen LogP contribution in [0.2, 0.25) is 0 Å². The number of rotatable bonds is 3. The quantitative estimate of drug-likeness (QED) is 0.618. The highest BCUT2D eigenvalue weighted by Crippen LogP contribution is 2.36. The van der Waals surface area contributed by atoms with Gasteiger partial charge in [-0.15, -0.1) is 0 Å². The van der Waals surface area contributed by atoms with Crippen molar-refractivity contribution >= 4 is 17.3 Å². The number of alkyl halides is 3. The van der Waals surface area contributed by atoms with Gasteiger partial charge in [-0.3, -0.25) is 14.9 Å². The zero-order valence-electron chi connectivity index (χ0n) is 12.5. The first-order chi connectivity index (χ1) is 11.3. The fourth-order valence-corrected chi connectivity index (χ4v) is 2.95. The first-order valence-corrected chi connectivity index (χ1v) is 7.26. The number of halogens is 3. The van der Waals surface area contributed by atoms with Gasteiger partial charge in [-0.1, -0.05) is 0 Å². The molecule has 3 rings (SSSR count). The Kier molecular flexibility index (Phi) is 4.08. The highest BCUT2D eigenvalue weighted by atomic mass is 19.4. The molecule has 130 valence electrons. The van der Waals surface area contributed by atoms with E-state index in [-0.39, 0.29) is 29.0 Å². The summed E-state index contributed by atoms with van der Waals surface area (Å²) in [5.74, 6) is -0.758. The molecule has 0 atom stereocenters. The lowest BCUT2D eigenvalue weighted by Gasteiger charge is -2.28. The van der Waals surface area contributed by atoms with E-state index in [4.69, 9.17) is 4.74 Å². The standard InChI is InChI=1S/C14H14F3N3O4/c15-14(16,17)8-19-7-9-5-12(20(22)23)11(6-10(9)13(19)21)18-1-3-24-4-2-18/h5-6H,1-4,7-8H2. The SMILES string of the molecule is O=C1c2cc(N3CCOCC3)c([N+](=O)[O-])cc2CN1CC(F)(F)F. The monoisotopic (exact) mass is 345 g/mol. The van der Waals surface area contributed by atoms with Gasteiger partial charge >= 0.3 is 6.18 Å². The van der Waals surface area contributed by atoms with Crippen LogP contribution >= 0.6 is 0 Å². The minimum absolute atomic E-state index is 0.0892. The number of hydrogen-bond acceptors (Lipinski definition) is 5. The maximum atomic E-state index is 12.6. The second-order valence-corrected chi connectivity index (χ2v) is 5.63. The molecule has 0 unspecified atom stereocenters. The molecule has 1 aromatic rings. The topological polar surface area (TPSA) is 75.9 Å². The van der Waals surface area contributed by atoms with E-state index in [0.717, 1.165) is 0 Å². The fourth-order valence-electron chi connectivity index (χ4n) is 2.95. The van der Waals surface area contributed by atoms with Gasteiger partial charge in [0.1, 0.15) is 12.2 Å². The smallest absolute Gasteiger partial charge is 0.378 e. The third kappa shape index (κ3) is 3.14. The molecule has 0 N–H and O–H groups in total. The van der Waals surface area contributed by atoms with Crippen molar-refractivity contribution in [2.45, 2.75) is 12.7 Å². The van der Waals surface area contributed by atoms with E-state index in [2.05, 4.69) is 0 Å². The number of carbonyl (C=O) groups excluding carboxylic acids is 1. The van der Waals surface area contributed by atoms with E-state index in [1.165, 1.54) is 12.1 Å². The molecule has 0 bridgehead atoms. The van der Waals surface area contributed by atoms with E-state index in [1.54, 1.807) is 4.90 Å². The maximum Gasteiger partial charge on any atom is 0.406 e. The number of hydrogen-bond donors (Lipinski definition) is 0. The van der Waals surface area contributed by atoms with E-state index in [1.807, 2.05) is 0 Å². The summed E-state index contributed by atoms with van der Waals surface area (Å²) in [4.78, 5) is 25.3. The Morgan fingerprint density at radius 2 is 1.92 bits per heavy atom. The molecule has 2 aliphatic heterocycles. The Bertz CT molecular complexity index is 687. The van der Waals surface area contributed by atoms with Crippen molar-refractivity contribution in [1.82, 2.24) is 4.90 Å². The van der Waals surface area contributed by atoms with Crippen molar-refractivity contribution in [1.29, 1.82) is 0 Å². The molecular weight excluding hydrogens is 331 g/mol. The molecule has 0 aliphatic carbocycles. The third-order valence-electron chi connectivity index (χ3n) is 4.00. The lowest BCUT2D eigenvalue weighted by molar-refractivity contribution is -0.384. The van der Waals surface area contributed by atoms with Crippen LogP contribution in [0.25, 0.3) is 0 Å². The molecule has 24 heavy (non-hydrogen) atoms. The van der Waals surface area contributed by atoms with Crippen LogP contribution in [0.1, 0.15) is 15.9 Å². The van der Waals surface area contributed by atoms with Gasteiger partial charge in [0.05, 0.1) is 18.1 Å². The van der Waals surface area contributed by atoms with Gasteiger partial charge < -0.3 is 14.5 Å². The molecule has 2 aliphatic rings. The van der Waals surface area contributed by atoms with Crippen LogP contribution in [0.5, 0.6) is 0 Å². The van der Waals surface area contributed by atoms with Crippen LogP contribution in [0.15, 0.2) is 12.1 Å². The number of fused-ring (bicyclic) bond motifs is 1. The summed E-state index contributed by atoms with van der Waals surface area (Å²) in [6, 6.07) is 2.53. The molecule has 7 nitrogen and oxygen atoms in total. The summed E-state index contributed by atoms with van der Waals surface area (Å²) < 4.78 is 42.9. The molecule has 1 aromatic carbocycles. The van der Waals surface area contributed by atoms with E-state index < -0.39 is 23.6 Å². The highest BCUT2D eigenvalue weighted by Gasteiger charge is 2.39. The lowest BCUT2D eigenvalue weighted by Crippen LogP contribution is -2.36. The van der Waals surface area contributed by atoms with Crippen LogP contribution in [-0.4, -0.2) is 54.8 Å². The van der Waals surface area contributed by atoms with Crippen molar-refractivity contribution in [3.8, 4) is 0 Å². The molecule has 0 aromatic heterocycles. The number of amides is 1. The zero-order valence-corrected chi connectivity index (χ0v) is 12.5. The highest BCUT2D eigenvalue weighted by molar-refractivity contribution is 6.00. The third-order valence-corrected chi connectivity index (χ3v) is 4.00. The van der Waals surface area contributed by atoms with E-state index in [9.17, 15) is 28.1 Å². The van der Waals surface area contributed by atoms with Crippen molar-refractivity contribution in [2.75, 3.05) is 37.7 Å². The molecule has 1 fully saturated rings. The Labute approximate surface area is 134 Å². The van der Waals surface area contributed by atoms with Crippen LogP contribution in [0.3, 0.4) is 0 Å². The van der Waals surface area contributed by atoms with Crippen molar-refractivity contribution in [3.05, 3.63) is 33.4 Å². The minimum Gasteiger partial charge on any atom is -0.378 e. The number of carbonyl (C=O) groups is 1. The van der Waals surface area contributed by atoms with E-state index in [0.29, 0.717) is 31.2 Å². The van der Waals surface area contributed by atoms with Crippen molar-refractivity contribution < 1.29 is 27.6 Å². The average molecular weight is 345 g/mol. The number of benzene rings is 1. The molecule has 0 saturated carbocycles. The number of ether oxygens (including phenoxy) is 1. The van der Waals surface area contributed by atoms with E-state index >= 15 is 0 Å². The van der Waals surface area contributed by atoms with Crippen LogP contribution in [0.4, 0.5) is 24.5 Å². The summed E-state index contributed by atoms with van der Waals surface area (Å²) >= 11 is 0. The van der Waals surface area contributed by atoms with Crippen LogP contribution in [0, 0.1) is 10.1 Å². The summed E-state index contributed by atoms with van der Waals surface area (Å²) in [5.41, 5.74) is 0.362. The summed E-state index contributed by atoms with van der Waals surface area (Å²) in [5, 5.41) is 11.3. The molecule has 2 heterocycles. The zero-order chi connectivity index (χ0) is 17.5. The fraction of sp³-hybridized carbons (Fsp3) is 0.500. The second-order valence-electron chi connectivity index (χ2n) is 5.63. The second kappa shape index (κ2) is 5.93. The molecule has 1 amide bonds. The van der Waals surface area contributed by atoms with Crippen molar-refractivity contribution in [3.63, 3.8) is 0 Å². The molecule has 10 heteroatoms. The Morgan fingerprint density at radius 3 is 2.50 bits per heavy atom. The number of morpholine rings is 1. The number of nitro benzene ring substituents is 1. The van der Waals surface area contributed by atoms with Crippen molar-refractivity contribution in [2.24, 2.45) is 0 Å². The van der Waals surface area contributed by atoms with Gasteiger partial charge in [0.2, 0.25) is 0 Å². The van der Waals surface area contributed by atoms with Crippen LogP contribution in [-0.2, 0) is 11.3 Å². The van der Waals surface area contributed by atoms with Gasteiger partial charge in [0, 0.05) is 31.3 Å². The van der Waals surface area contributed by atoms with Crippen LogP contribution < -0.4 is 4.90 Å². The molecule has 0 spiro atoms. The number of nitro groups is 1. The number of anilines is 1. The Balaban J connectivity index is 1.97. The summed E-state index contributed by atoms with van der Waals surface area (Å²) in [6.07, 6.45) is -4.52. The van der Waals surface area contributed by atoms with Gasteiger partial charge in [-0.05, 0) is 11.6 Å². The minimum atomic E-state index is -4.52. The summed E-state index contributed by atoms with van der Waals surface area (Å²) in [7, 11) is 0. The van der Waals surface area contributed by atoms with Gasteiger partial charge in [0.15, 0.2) is 0 Å². The average Bonchev–Trinajstić information content (AvgIpc) is 2.81. The molecule has 0 radical (unpaired) electrons. The largest absolute Gasteiger partial charge is 0.406 e. The predicted molar refractivity (Wildman–Crippen MR) is 76.9 cm³/mol.